The van der Waals surface area contributed by atoms with Crippen LogP contribution in [-0.2, 0) is 11.2 Å². The van der Waals surface area contributed by atoms with E-state index < -0.39 is 0 Å². The largest absolute Gasteiger partial charge is 0.493 e. The molecular weight excluding hydrogens is 340 g/mol. The van der Waals surface area contributed by atoms with E-state index in [4.69, 9.17) is 9.47 Å². The number of ether oxygens (including phenoxy) is 2. The van der Waals surface area contributed by atoms with E-state index in [9.17, 15) is 4.79 Å². The predicted molar refractivity (Wildman–Crippen MR) is 109 cm³/mol. The predicted octanol–water partition coefficient (Wildman–Crippen LogP) is 3.24. The molecule has 0 bridgehead atoms. The number of benzene rings is 2. The van der Waals surface area contributed by atoms with Crippen LogP contribution in [0.15, 0.2) is 48.5 Å². The Labute approximate surface area is 160 Å². The van der Waals surface area contributed by atoms with Crippen molar-refractivity contribution in [2.75, 3.05) is 39.8 Å². The fraction of sp³-hybridized carbons (Fsp3) is 0.318. The normalized spacial score (nSPS) is 16.5. The van der Waals surface area contributed by atoms with E-state index >= 15 is 0 Å². The lowest BCUT2D eigenvalue weighted by molar-refractivity contribution is -0.114. The molecule has 0 saturated heterocycles. The lowest BCUT2D eigenvalue weighted by Crippen LogP contribution is -2.47. The van der Waals surface area contributed by atoms with Gasteiger partial charge in [-0.1, -0.05) is 30.3 Å². The number of amides is 1. The van der Waals surface area contributed by atoms with Crippen LogP contribution in [0, 0.1) is 0 Å². The number of carbonyl (C=O) groups excluding carboxylic acids is 1. The third-order valence-electron chi connectivity index (χ3n) is 4.94. The van der Waals surface area contributed by atoms with Crippen molar-refractivity contribution in [3.8, 4) is 11.5 Å². The quantitative estimate of drug-likeness (QED) is 0.762. The van der Waals surface area contributed by atoms with Crippen LogP contribution >= 0.6 is 0 Å². The molecule has 27 heavy (non-hydrogen) atoms. The van der Waals surface area contributed by atoms with Crippen LogP contribution in [0.2, 0.25) is 0 Å². The summed E-state index contributed by atoms with van der Waals surface area (Å²) in [5.41, 5.74) is 2.96. The summed E-state index contributed by atoms with van der Waals surface area (Å²) < 4.78 is 10.9. The van der Waals surface area contributed by atoms with Crippen molar-refractivity contribution in [3.63, 3.8) is 0 Å². The fourth-order valence-corrected chi connectivity index (χ4v) is 3.33. The van der Waals surface area contributed by atoms with E-state index in [0.717, 1.165) is 23.2 Å². The summed E-state index contributed by atoms with van der Waals surface area (Å²) in [6.07, 6.45) is 4.34. The van der Waals surface area contributed by atoms with E-state index in [2.05, 4.69) is 4.90 Å². The molecule has 0 radical (unpaired) electrons. The van der Waals surface area contributed by atoms with Crippen LogP contribution < -0.4 is 14.4 Å². The fourth-order valence-electron chi connectivity index (χ4n) is 3.33. The van der Waals surface area contributed by atoms with Gasteiger partial charge in [0.1, 0.15) is 0 Å². The maximum Gasteiger partial charge on any atom is 0.251 e. The zero-order chi connectivity index (χ0) is 19.4. The highest BCUT2D eigenvalue weighted by Gasteiger charge is 2.30. The van der Waals surface area contributed by atoms with Crippen LogP contribution in [0.25, 0.3) is 6.08 Å². The molecule has 0 spiro atoms. The molecule has 1 aliphatic rings. The third kappa shape index (κ3) is 4.14. The zero-order valence-electron chi connectivity index (χ0n) is 16.3. The molecule has 2 aromatic carbocycles. The molecule has 142 valence electrons. The summed E-state index contributed by atoms with van der Waals surface area (Å²) in [4.78, 5) is 17.0. The van der Waals surface area contributed by atoms with Gasteiger partial charge in [0, 0.05) is 24.7 Å². The Morgan fingerprint density at radius 3 is 2.41 bits per heavy atom. The van der Waals surface area contributed by atoms with Crippen LogP contribution in [-0.4, -0.2) is 51.7 Å². The van der Waals surface area contributed by atoms with Gasteiger partial charge in [-0.25, -0.2) is 0 Å². The molecule has 3 rings (SSSR count). The van der Waals surface area contributed by atoms with Gasteiger partial charge < -0.3 is 19.3 Å². The second-order valence-corrected chi connectivity index (χ2v) is 6.85. The molecule has 0 N–H and O–H groups in total. The third-order valence-corrected chi connectivity index (χ3v) is 4.94. The first kappa shape index (κ1) is 19.0. The average Bonchev–Trinajstić information content (AvgIpc) is 2.70. The Morgan fingerprint density at radius 2 is 1.78 bits per heavy atom. The Kier molecular flexibility index (Phi) is 5.81. The van der Waals surface area contributed by atoms with Gasteiger partial charge in [0.15, 0.2) is 11.5 Å². The van der Waals surface area contributed by atoms with Crippen LogP contribution in [0.1, 0.15) is 11.1 Å². The van der Waals surface area contributed by atoms with Gasteiger partial charge in [-0.3, -0.25) is 4.79 Å². The number of anilines is 1. The van der Waals surface area contributed by atoms with Crippen LogP contribution in [0.5, 0.6) is 11.5 Å². The Hall–Kier alpha value is -2.79. The first-order chi connectivity index (χ1) is 13.0. The van der Waals surface area contributed by atoms with Gasteiger partial charge in [0.25, 0.3) is 5.91 Å². The summed E-state index contributed by atoms with van der Waals surface area (Å²) >= 11 is 0. The molecule has 1 aliphatic heterocycles. The minimum atomic E-state index is -0.0427. The zero-order valence-corrected chi connectivity index (χ0v) is 16.3. The van der Waals surface area contributed by atoms with Crippen molar-refractivity contribution in [1.29, 1.82) is 0 Å². The molecule has 0 aliphatic carbocycles. The van der Waals surface area contributed by atoms with E-state index in [1.54, 1.807) is 20.3 Å². The Bertz CT molecular complexity index is 831. The lowest BCUT2D eigenvalue weighted by atomic mass is 9.96. The molecular formula is C22H26N2O3. The summed E-state index contributed by atoms with van der Waals surface area (Å²) in [6.45, 7) is 0.632. The number of methoxy groups -OCH3 is 2. The van der Waals surface area contributed by atoms with Crippen molar-refractivity contribution in [2.45, 2.75) is 12.5 Å². The smallest absolute Gasteiger partial charge is 0.251 e. The van der Waals surface area contributed by atoms with E-state index in [0.29, 0.717) is 18.0 Å². The van der Waals surface area contributed by atoms with Crippen molar-refractivity contribution in [3.05, 3.63) is 59.7 Å². The van der Waals surface area contributed by atoms with E-state index in [1.807, 2.05) is 67.5 Å². The van der Waals surface area contributed by atoms with Crippen LogP contribution in [0.3, 0.4) is 0 Å². The monoisotopic (exact) mass is 366 g/mol. The SMILES string of the molecule is COc1cc2c(cc1OC)N(C(=O)C=Cc1ccccc1)CC(N(C)C)C2. The van der Waals surface area contributed by atoms with E-state index in [1.165, 1.54) is 0 Å². The maximum atomic E-state index is 13.0. The molecule has 5 nitrogen and oxygen atoms in total. The highest BCUT2D eigenvalue weighted by Crippen LogP contribution is 2.38. The molecule has 1 heterocycles. The van der Waals surface area contributed by atoms with Gasteiger partial charge >= 0.3 is 0 Å². The number of likely N-dealkylation sites (N-methyl/N-ethyl adjacent to an activating group) is 1. The standard InChI is InChI=1S/C22H26N2O3/c1-23(2)18-12-17-13-20(26-3)21(27-4)14-19(17)24(15-18)22(25)11-10-16-8-6-5-7-9-16/h5-11,13-14,18H,12,15H2,1-4H3. The van der Waals surface area contributed by atoms with Crippen molar-refractivity contribution in [2.24, 2.45) is 0 Å². The highest BCUT2D eigenvalue weighted by atomic mass is 16.5. The average molecular weight is 366 g/mol. The molecule has 0 aromatic heterocycles. The maximum absolute atomic E-state index is 13.0. The van der Waals surface area contributed by atoms with Gasteiger partial charge in [0.2, 0.25) is 0 Å². The first-order valence-electron chi connectivity index (χ1n) is 8.99. The summed E-state index contributed by atoms with van der Waals surface area (Å²) in [6, 6.07) is 13.9. The Balaban J connectivity index is 1.96. The van der Waals surface area contributed by atoms with Gasteiger partial charge in [-0.15, -0.1) is 0 Å². The summed E-state index contributed by atoms with van der Waals surface area (Å²) in [5, 5.41) is 0. The number of fused-ring (bicyclic) bond motifs is 1. The molecule has 5 heteroatoms. The minimum Gasteiger partial charge on any atom is -0.493 e. The topological polar surface area (TPSA) is 42.0 Å². The van der Waals surface area contributed by atoms with Gasteiger partial charge in [-0.05, 0) is 43.8 Å². The lowest BCUT2D eigenvalue weighted by Gasteiger charge is -2.37. The van der Waals surface area contributed by atoms with Gasteiger partial charge in [0.05, 0.1) is 19.9 Å². The molecule has 0 fully saturated rings. The number of nitrogens with zero attached hydrogens (tertiary/aromatic N) is 2. The summed E-state index contributed by atoms with van der Waals surface area (Å²) in [7, 11) is 7.32. The number of carbonyl (C=O) groups is 1. The molecule has 1 atom stereocenters. The van der Waals surface area contributed by atoms with Crippen LogP contribution in [0.4, 0.5) is 5.69 Å². The highest BCUT2D eigenvalue weighted by molar-refractivity contribution is 6.05. The molecule has 2 aromatic rings. The van der Waals surface area contributed by atoms with Crippen molar-refractivity contribution < 1.29 is 14.3 Å². The van der Waals surface area contributed by atoms with Gasteiger partial charge in [-0.2, -0.15) is 0 Å². The Morgan fingerprint density at radius 1 is 1.11 bits per heavy atom. The molecule has 1 unspecified atom stereocenters. The second kappa shape index (κ2) is 8.27. The number of rotatable bonds is 5. The van der Waals surface area contributed by atoms with Crippen molar-refractivity contribution in [1.82, 2.24) is 4.90 Å². The number of hydrogen-bond acceptors (Lipinski definition) is 4. The summed E-state index contributed by atoms with van der Waals surface area (Å²) in [5.74, 6) is 1.27. The molecule has 1 amide bonds. The second-order valence-electron chi connectivity index (χ2n) is 6.85. The number of hydrogen-bond donors (Lipinski definition) is 0. The first-order valence-corrected chi connectivity index (χ1v) is 8.99. The van der Waals surface area contributed by atoms with E-state index in [-0.39, 0.29) is 11.9 Å². The van der Waals surface area contributed by atoms with Crippen molar-refractivity contribution >= 4 is 17.7 Å². The molecule has 0 saturated carbocycles. The minimum absolute atomic E-state index is 0.0427.